The van der Waals surface area contributed by atoms with Crippen molar-refractivity contribution in [2.75, 3.05) is 13.2 Å². The van der Waals surface area contributed by atoms with Crippen molar-refractivity contribution in [1.29, 1.82) is 0 Å². The maximum atomic E-state index is 9.02. The Hall–Kier alpha value is -0.900. The highest BCUT2D eigenvalue weighted by molar-refractivity contribution is 5.21. The molecule has 0 spiro atoms. The lowest BCUT2D eigenvalue weighted by atomic mass is 9.94. The summed E-state index contributed by atoms with van der Waals surface area (Å²) in [5.74, 6) is 0. The first-order valence-corrected chi connectivity index (χ1v) is 5.16. The molecule has 1 rings (SSSR count). The summed E-state index contributed by atoms with van der Waals surface area (Å²) in [5, 5.41) is 18.0. The van der Waals surface area contributed by atoms with Crippen molar-refractivity contribution in [3.8, 4) is 0 Å². The summed E-state index contributed by atoms with van der Waals surface area (Å²) in [4.78, 5) is 0. The van der Waals surface area contributed by atoms with Crippen molar-refractivity contribution in [2.45, 2.75) is 32.7 Å². The Kier molecular flexibility index (Phi) is 6.26. The molecule has 0 heterocycles. The molecule has 0 bridgehead atoms. The first-order valence-electron chi connectivity index (χ1n) is 5.16. The molecule has 0 radical (unpaired) electrons. The predicted octanol–water partition coefficient (Wildman–Crippen LogP) is 1.25. The van der Waals surface area contributed by atoms with E-state index < -0.39 is 5.54 Å². The largest absolute Gasteiger partial charge is 0.394 e. The smallest absolute Gasteiger partial charge is 0.0633 e. The lowest BCUT2D eigenvalue weighted by Crippen LogP contribution is -2.47. The summed E-state index contributed by atoms with van der Waals surface area (Å²) in [6.45, 7) is 1.67. The van der Waals surface area contributed by atoms with Crippen LogP contribution < -0.4 is 5.73 Å². The van der Waals surface area contributed by atoms with Crippen molar-refractivity contribution in [1.82, 2.24) is 0 Å². The van der Waals surface area contributed by atoms with Crippen LogP contribution in [0.5, 0.6) is 0 Å². The number of rotatable bonds is 5. The molecule has 0 aromatic heterocycles. The number of aryl methyl sites for hydroxylation is 2. The van der Waals surface area contributed by atoms with Crippen LogP contribution in [0.25, 0.3) is 0 Å². The molecule has 16 heavy (non-hydrogen) atoms. The van der Waals surface area contributed by atoms with Gasteiger partial charge in [0, 0.05) is 0 Å². The zero-order chi connectivity index (χ0) is 11.3. The monoisotopic (exact) mass is 225 g/mol. The van der Waals surface area contributed by atoms with Crippen LogP contribution in [0.3, 0.4) is 0 Å². The van der Waals surface area contributed by atoms with E-state index in [0.717, 1.165) is 6.42 Å². The van der Waals surface area contributed by atoms with Gasteiger partial charge >= 0.3 is 0 Å². The molecular weight excluding hydrogens is 202 g/mol. The van der Waals surface area contributed by atoms with Crippen LogP contribution in [0, 0.1) is 6.92 Å². The van der Waals surface area contributed by atoms with Gasteiger partial charge in [-0.2, -0.15) is 0 Å². The van der Waals surface area contributed by atoms with Crippen LogP contribution in [0.1, 0.15) is 25.0 Å². The fraction of sp³-hybridized carbons (Fsp3) is 0.538. The van der Waals surface area contributed by atoms with E-state index in [4.69, 9.17) is 15.9 Å². The van der Waals surface area contributed by atoms with Crippen molar-refractivity contribution in [2.24, 2.45) is 5.73 Å². The summed E-state index contributed by atoms with van der Waals surface area (Å²) >= 11 is 0. The van der Waals surface area contributed by atoms with Crippen LogP contribution in [-0.2, 0) is 6.42 Å². The SMILES string of the molecule is C.Cc1ccc(CCC(N)(CO)CO)cc1. The molecule has 0 fully saturated rings. The van der Waals surface area contributed by atoms with E-state index in [0.29, 0.717) is 6.42 Å². The fourth-order valence-electron chi connectivity index (χ4n) is 1.36. The van der Waals surface area contributed by atoms with Gasteiger partial charge < -0.3 is 15.9 Å². The second-order valence-electron chi connectivity index (χ2n) is 4.16. The predicted molar refractivity (Wildman–Crippen MR) is 67.3 cm³/mol. The summed E-state index contributed by atoms with van der Waals surface area (Å²) in [6.07, 6.45) is 1.36. The lowest BCUT2D eigenvalue weighted by molar-refractivity contribution is 0.115. The Morgan fingerprint density at radius 2 is 1.62 bits per heavy atom. The molecule has 1 aromatic carbocycles. The number of benzene rings is 1. The van der Waals surface area contributed by atoms with Gasteiger partial charge in [0.25, 0.3) is 0 Å². The van der Waals surface area contributed by atoms with Gasteiger partial charge in [0.15, 0.2) is 0 Å². The molecule has 0 aliphatic heterocycles. The van der Waals surface area contributed by atoms with Gasteiger partial charge in [0.1, 0.15) is 0 Å². The topological polar surface area (TPSA) is 66.5 Å². The third-order valence-electron chi connectivity index (χ3n) is 2.66. The zero-order valence-electron chi connectivity index (χ0n) is 9.11. The van der Waals surface area contributed by atoms with Crippen molar-refractivity contribution < 1.29 is 10.2 Å². The lowest BCUT2D eigenvalue weighted by Gasteiger charge is -2.24. The van der Waals surface area contributed by atoms with Crippen LogP contribution in [0.2, 0.25) is 0 Å². The van der Waals surface area contributed by atoms with Gasteiger partial charge in [-0.25, -0.2) is 0 Å². The molecule has 0 unspecified atom stereocenters. The third-order valence-corrected chi connectivity index (χ3v) is 2.66. The Labute approximate surface area is 97.9 Å². The summed E-state index contributed by atoms with van der Waals surface area (Å²) < 4.78 is 0. The summed E-state index contributed by atoms with van der Waals surface area (Å²) in [7, 11) is 0. The van der Waals surface area contributed by atoms with Crippen molar-refractivity contribution in [3.05, 3.63) is 35.4 Å². The quantitative estimate of drug-likeness (QED) is 0.706. The molecule has 0 amide bonds. The van der Waals surface area contributed by atoms with Crippen LogP contribution in [0.4, 0.5) is 0 Å². The molecule has 92 valence electrons. The van der Waals surface area contributed by atoms with Gasteiger partial charge in [0.05, 0.1) is 18.8 Å². The Balaban J connectivity index is 0.00000225. The molecule has 0 saturated heterocycles. The van der Waals surface area contributed by atoms with E-state index in [1.807, 2.05) is 31.2 Å². The maximum Gasteiger partial charge on any atom is 0.0633 e. The standard InChI is InChI=1S/C12H19NO2.CH4/c1-10-2-4-11(5-3-10)6-7-12(13,8-14)9-15;/h2-5,14-15H,6-9,13H2,1H3;1H4. The van der Waals surface area contributed by atoms with Gasteiger partial charge in [-0.3, -0.25) is 0 Å². The van der Waals surface area contributed by atoms with E-state index in [-0.39, 0.29) is 20.6 Å². The average molecular weight is 225 g/mol. The highest BCUT2D eigenvalue weighted by atomic mass is 16.3. The second-order valence-corrected chi connectivity index (χ2v) is 4.16. The van der Waals surface area contributed by atoms with Gasteiger partial charge in [-0.05, 0) is 25.3 Å². The molecule has 0 atom stereocenters. The molecule has 0 aliphatic carbocycles. The highest BCUT2D eigenvalue weighted by Crippen LogP contribution is 2.12. The van der Waals surface area contributed by atoms with E-state index in [1.165, 1.54) is 11.1 Å². The zero-order valence-corrected chi connectivity index (χ0v) is 9.11. The number of hydrogen-bond acceptors (Lipinski definition) is 3. The number of hydrogen-bond donors (Lipinski definition) is 3. The fourth-order valence-corrected chi connectivity index (χ4v) is 1.36. The van der Waals surface area contributed by atoms with E-state index in [9.17, 15) is 0 Å². The Morgan fingerprint density at radius 1 is 1.12 bits per heavy atom. The number of aliphatic hydroxyl groups excluding tert-OH is 2. The average Bonchev–Trinajstić information content (AvgIpc) is 2.28. The molecule has 3 heteroatoms. The maximum absolute atomic E-state index is 9.02. The molecule has 4 N–H and O–H groups in total. The minimum absolute atomic E-state index is 0. The first kappa shape index (κ1) is 15.1. The van der Waals surface area contributed by atoms with Gasteiger partial charge in [0.2, 0.25) is 0 Å². The molecule has 1 aromatic rings. The molecular formula is C13H23NO2. The number of aliphatic hydroxyl groups is 2. The normalized spacial score (nSPS) is 11.0. The van der Waals surface area contributed by atoms with Crippen molar-refractivity contribution >= 4 is 0 Å². The molecule has 0 aliphatic rings. The Bertz CT molecular complexity index is 291. The van der Waals surface area contributed by atoms with E-state index >= 15 is 0 Å². The Morgan fingerprint density at radius 3 is 2.06 bits per heavy atom. The highest BCUT2D eigenvalue weighted by Gasteiger charge is 2.22. The summed E-state index contributed by atoms with van der Waals surface area (Å²) in [5.41, 5.74) is 7.32. The van der Waals surface area contributed by atoms with Gasteiger partial charge in [-0.15, -0.1) is 0 Å². The van der Waals surface area contributed by atoms with E-state index in [1.54, 1.807) is 0 Å². The molecule has 0 saturated carbocycles. The third kappa shape index (κ3) is 4.31. The molecule has 3 nitrogen and oxygen atoms in total. The van der Waals surface area contributed by atoms with Crippen LogP contribution in [0.15, 0.2) is 24.3 Å². The van der Waals surface area contributed by atoms with Gasteiger partial charge in [-0.1, -0.05) is 37.3 Å². The van der Waals surface area contributed by atoms with Crippen molar-refractivity contribution in [3.63, 3.8) is 0 Å². The van der Waals surface area contributed by atoms with Crippen LogP contribution >= 0.6 is 0 Å². The van der Waals surface area contributed by atoms with Crippen LogP contribution in [-0.4, -0.2) is 29.0 Å². The minimum Gasteiger partial charge on any atom is -0.394 e. The minimum atomic E-state index is -0.856. The van der Waals surface area contributed by atoms with E-state index in [2.05, 4.69) is 0 Å². The summed E-state index contributed by atoms with van der Waals surface area (Å²) in [6, 6.07) is 8.19. The second kappa shape index (κ2) is 6.63. The number of nitrogens with two attached hydrogens (primary N) is 1. The first-order chi connectivity index (χ1) is 7.09.